The summed E-state index contributed by atoms with van der Waals surface area (Å²) < 4.78 is 5.21. The third-order valence-corrected chi connectivity index (χ3v) is 9.10. The van der Waals surface area contributed by atoms with Gasteiger partial charge in [0, 0.05) is 47.1 Å². The number of aromatic nitrogens is 3. The van der Waals surface area contributed by atoms with Gasteiger partial charge in [-0.25, -0.2) is 9.78 Å². The van der Waals surface area contributed by atoms with E-state index in [-0.39, 0.29) is 17.9 Å². The highest BCUT2D eigenvalue weighted by molar-refractivity contribution is 5.87. The minimum atomic E-state index is -0.845. The van der Waals surface area contributed by atoms with Crippen molar-refractivity contribution in [2.24, 2.45) is 11.3 Å². The van der Waals surface area contributed by atoms with Gasteiger partial charge in [0.05, 0.1) is 18.3 Å². The van der Waals surface area contributed by atoms with Crippen molar-refractivity contribution in [3.05, 3.63) is 114 Å². The minimum absolute atomic E-state index is 0.0189. The Morgan fingerprint density at radius 2 is 1.82 bits per heavy atom. The molecule has 1 unspecified atom stereocenters. The van der Waals surface area contributed by atoms with E-state index in [9.17, 15) is 9.59 Å². The first-order valence-electron chi connectivity index (χ1n) is 15.3. The summed E-state index contributed by atoms with van der Waals surface area (Å²) in [5, 5.41) is 7.16. The molecule has 2 aliphatic rings. The van der Waals surface area contributed by atoms with E-state index in [0.29, 0.717) is 24.6 Å². The second kappa shape index (κ2) is 12.4. The molecule has 8 nitrogen and oxygen atoms in total. The summed E-state index contributed by atoms with van der Waals surface area (Å²) in [6.45, 7) is 6.45. The molecule has 0 fully saturated rings. The van der Waals surface area contributed by atoms with Gasteiger partial charge in [-0.1, -0.05) is 86.7 Å². The van der Waals surface area contributed by atoms with Crippen LogP contribution in [0, 0.1) is 11.3 Å². The Kier molecular flexibility index (Phi) is 8.24. The van der Waals surface area contributed by atoms with Crippen LogP contribution in [0.25, 0.3) is 22.2 Å². The summed E-state index contributed by atoms with van der Waals surface area (Å²) >= 11 is 0. The molecular formula is C36H39N5O3. The first-order chi connectivity index (χ1) is 21.4. The maximum absolute atomic E-state index is 14.2. The van der Waals surface area contributed by atoms with Gasteiger partial charge in [-0.05, 0) is 42.0 Å². The van der Waals surface area contributed by atoms with Crippen molar-refractivity contribution in [1.29, 1.82) is 0 Å². The molecule has 0 spiro atoms. The zero-order valence-corrected chi connectivity index (χ0v) is 25.4. The maximum Gasteiger partial charge on any atom is 0.407 e. The van der Waals surface area contributed by atoms with Crippen molar-refractivity contribution < 1.29 is 14.3 Å². The van der Waals surface area contributed by atoms with E-state index in [1.807, 2.05) is 60.9 Å². The van der Waals surface area contributed by atoms with Crippen LogP contribution in [0.3, 0.4) is 0 Å². The Hall–Kier alpha value is -4.85. The second-order valence-corrected chi connectivity index (χ2v) is 11.9. The Morgan fingerprint density at radius 3 is 2.64 bits per heavy atom. The van der Waals surface area contributed by atoms with Crippen molar-refractivity contribution in [3.8, 4) is 11.3 Å². The Bertz CT molecular complexity index is 1750. The molecule has 4 N–H and O–H groups in total. The number of imidazole rings is 1. The number of hydrogen-bond acceptors (Lipinski definition) is 4. The predicted octanol–water partition coefficient (Wildman–Crippen LogP) is 6.93. The van der Waals surface area contributed by atoms with Crippen molar-refractivity contribution in [3.63, 3.8) is 0 Å². The molecular weight excluding hydrogens is 550 g/mol. The molecule has 2 aromatic heterocycles. The van der Waals surface area contributed by atoms with Gasteiger partial charge in [0.25, 0.3) is 0 Å². The molecule has 2 aromatic carbocycles. The van der Waals surface area contributed by atoms with Crippen molar-refractivity contribution in [1.82, 2.24) is 25.6 Å². The van der Waals surface area contributed by atoms with Crippen LogP contribution in [0.1, 0.15) is 51.0 Å². The Labute approximate surface area is 257 Å². The molecule has 4 atom stereocenters. The van der Waals surface area contributed by atoms with Crippen LogP contribution in [0.5, 0.6) is 0 Å². The molecule has 2 heterocycles. The number of para-hydroxylation sites is 1. The van der Waals surface area contributed by atoms with Crippen molar-refractivity contribution in [2.45, 2.75) is 52.1 Å². The fraction of sp³-hybridized carbons (Fsp3) is 0.306. The molecule has 2 aliphatic carbocycles. The van der Waals surface area contributed by atoms with Crippen LogP contribution in [0.4, 0.5) is 4.79 Å². The number of nitrogens with zero attached hydrogens (tertiary/aromatic N) is 1. The molecule has 0 aliphatic heterocycles. The predicted molar refractivity (Wildman–Crippen MR) is 173 cm³/mol. The summed E-state index contributed by atoms with van der Waals surface area (Å²) in [5.41, 5.74) is 6.11. The zero-order valence-electron chi connectivity index (χ0n) is 25.4. The van der Waals surface area contributed by atoms with E-state index in [1.54, 1.807) is 6.92 Å². The Morgan fingerprint density at radius 1 is 1.02 bits per heavy atom. The van der Waals surface area contributed by atoms with Gasteiger partial charge in [-0.3, -0.25) is 4.79 Å². The van der Waals surface area contributed by atoms with Crippen LogP contribution in [0.2, 0.25) is 0 Å². The number of alkyl carbamates (subject to hydrolysis) is 1. The van der Waals surface area contributed by atoms with E-state index >= 15 is 0 Å². The number of carbonyl (C=O) groups excluding carboxylic acids is 2. The lowest BCUT2D eigenvalue weighted by atomic mass is 9.68. The number of H-pyrrole nitrogens is 2. The number of fused-ring (bicyclic) bond motifs is 2. The quantitative estimate of drug-likeness (QED) is 0.161. The lowest BCUT2D eigenvalue weighted by Gasteiger charge is -2.36. The number of benzene rings is 2. The van der Waals surface area contributed by atoms with Crippen LogP contribution in [0.15, 0.2) is 102 Å². The highest BCUT2D eigenvalue weighted by Crippen LogP contribution is 2.49. The highest BCUT2D eigenvalue weighted by atomic mass is 16.5. The van der Waals surface area contributed by atoms with E-state index in [4.69, 9.17) is 9.72 Å². The molecule has 226 valence electrons. The van der Waals surface area contributed by atoms with Gasteiger partial charge in [0.1, 0.15) is 11.9 Å². The molecule has 6 rings (SSSR count). The van der Waals surface area contributed by atoms with Crippen LogP contribution < -0.4 is 10.6 Å². The van der Waals surface area contributed by atoms with E-state index in [1.165, 1.54) is 5.57 Å². The van der Waals surface area contributed by atoms with Gasteiger partial charge in [-0.15, -0.1) is 0 Å². The molecule has 0 radical (unpaired) electrons. The fourth-order valence-electron chi connectivity index (χ4n) is 6.39. The van der Waals surface area contributed by atoms with Crippen LogP contribution >= 0.6 is 0 Å². The lowest BCUT2D eigenvalue weighted by molar-refractivity contribution is -0.123. The Balaban J connectivity index is 1.32. The van der Waals surface area contributed by atoms with E-state index in [2.05, 4.69) is 64.8 Å². The van der Waals surface area contributed by atoms with Crippen LogP contribution in [-0.2, 0) is 16.0 Å². The average Bonchev–Trinajstić information content (AvgIpc) is 3.78. The monoisotopic (exact) mass is 589 g/mol. The van der Waals surface area contributed by atoms with Crippen molar-refractivity contribution in [2.75, 3.05) is 6.61 Å². The number of hydrogen-bond donors (Lipinski definition) is 4. The van der Waals surface area contributed by atoms with E-state index < -0.39 is 18.2 Å². The first-order valence-corrected chi connectivity index (χ1v) is 15.3. The third kappa shape index (κ3) is 5.84. The van der Waals surface area contributed by atoms with Gasteiger partial charge in [0.2, 0.25) is 5.91 Å². The summed E-state index contributed by atoms with van der Waals surface area (Å²) in [5.74, 6) is 0.710. The first kappa shape index (κ1) is 29.2. The molecule has 0 saturated heterocycles. The molecule has 44 heavy (non-hydrogen) atoms. The third-order valence-electron chi connectivity index (χ3n) is 9.10. The van der Waals surface area contributed by atoms with Gasteiger partial charge in [0.15, 0.2) is 0 Å². The van der Waals surface area contributed by atoms with Crippen LogP contribution in [-0.4, -0.2) is 39.6 Å². The molecule has 0 bridgehead atoms. The van der Waals surface area contributed by atoms with Gasteiger partial charge < -0.3 is 25.3 Å². The maximum atomic E-state index is 14.2. The minimum Gasteiger partial charge on any atom is -0.450 e. The van der Waals surface area contributed by atoms with E-state index in [0.717, 1.165) is 39.7 Å². The largest absolute Gasteiger partial charge is 0.450 e. The summed E-state index contributed by atoms with van der Waals surface area (Å²) in [7, 11) is 0. The number of carbonyl (C=O) groups is 2. The fourth-order valence-corrected chi connectivity index (χ4v) is 6.39. The topological polar surface area (TPSA) is 112 Å². The smallest absolute Gasteiger partial charge is 0.407 e. The average molecular weight is 590 g/mol. The number of allylic oxidation sites excluding steroid dienone is 5. The van der Waals surface area contributed by atoms with Crippen molar-refractivity contribution >= 4 is 22.9 Å². The molecule has 0 saturated carbocycles. The van der Waals surface area contributed by atoms with Gasteiger partial charge in [-0.2, -0.15) is 0 Å². The molecule has 4 aromatic rings. The molecule has 8 heteroatoms. The number of amides is 2. The number of nitrogens with one attached hydrogen (secondary N) is 4. The summed E-state index contributed by atoms with van der Waals surface area (Å²) in [6, 6.07) is 16.7. The zero-order chi connectivity index (χ0) is 30.7. The summed E-state index contributed by atoms with van der Waals surface area (Å²) in [4.78, 5) is 38.4. The second-order valence-electron chi connectivity index (χ2n) is 11.9. The lowest BCUT2D eigenvalue weighted by Crippen LogP contribution is -2.48. The standard InChI is InChI=1S/C36H39N5O3/c1-4-44-35(43)41-31(19-25-17-16-23(2)36(3)18-10-14-28(25)36)34(42)40-30(20-26-21-37-29-15-9-8-13-27(26)29)33-38-22-32(39-33)24-11-6-5-7-12-24/h5-17,21-23,30-31,37H,4,18-20H2,1-3H3,(H,38,39)(H,40,42)(H,41,43)/t23-,30+,31+,36?/m0/s1. The molecule has 2 amide bonds. The normalized spacial score (nSPS) is 20.4. The highest BCUT2D eigenvalue weighted by Gasteiger charge is 2.39. The SMILES string of the molecule is CCOC(=O)N[C@H](CC1=C2C=CCC2(C)[C@@H](C)C=C1)C(=O)N[C@H](Cc1c[nH]c2ccccc12)c1nc(-c2ccccc2)c[nH]1. The summed E-state index contributed by atoms with van der Waals surface area (Å²) in [6.07, 6.45) is 13.7. The number of aromatic amines is 2. The number of rotatable bonds is 10. The van der Waals surface area contributed by atoms with Gasteiger partial charge >= 0.3 is 6.09 Å². The number of ether oxygens (including phenoxy) is 1.